The second-order valence-corrected chi connectivity index (χ2v) is 2.36. The summed E-state index contributed by atoms with van der Waals surface area (Å²) in [5.41, 5.74) is 0.605. The van der Waals surface area contributed by atoms with Gasteiger partial charge >= 0.3 is 5.97 Å². The fourth-order valence-electron chi connectivity index (χ4n) is 0.805. The minimum atomic E-state index is -0.228. The van der Waals surface area contributed by atoms with E-state index in [-0.39, 0.29) is 12.1 Å². The maximum atomic E-state index is 10.7. The van der Waals surface area contributed by atoms with E-state index in [1.165, 1.54) is 0 Å². The van der Waals surface area contributed by atoms with Gasteiger partial charge in [0, 0.05) is 5.57 Å². The van der Waals surface area contributed by atoms with Crippen LogP contribution >= 0.6 is 0 Å². The van der Waals surface area contributed by atoms with E-state index in [9.17, 15) is 4.79 Å². The third kappa shape index (κ3) is 1.31. The molecular weight excluding hydrogens is 116 g/mol. The van der Waals surface area contributed by atoms with Crippen LogP contribution in [0.25, 0.3) is 0 Å². The highest BCUT2D eigenvalue weighted by atomic mass is 16.5. The summed E-state index contributed by atoms with van der Waals surface area (Å²) >= 11 is 0. The van der Waals surface area contributed by atoms with Crippen LogP contribution in [0.3, 0.4) is 0 Å². The summed E-state index contributed by atoms with van der Waals surface area (Å²) in [6.07, 6.45) is 1.80. The van der Waals surface area contributed by atoms with Gasteiger partial charge in [0.05, 0.1) is 6.10 Å². The number of ether oxygens (including phenoxy) is 1. The molecule has 9 heavy (non-hydrogen) atoms. The highest BCUT2D eigenvalue weighted by molar-refractivity contribution is 5.88. The van der Waals surface area contributed by atoms with E-state index in [4.69, 9.17) is 4.74 Å². The van der Waals surface area contributed by atoms with Crippen molar-refractivity contribution in [2.45, 2.75) is 25.9 Å². The quantitative estimate of drug-likeness (QED) is 0.361. The van der Waals surface area contributed by atoms with E-state index in [2.05, 4.69) is 6.58 Å². The second kappa shape index (κ2) is 2.21. The number of hydrogen-bond donors (Lipinski definition) is 0. The average molecular weight is 126 g/mol. The van der Waals surface area contributed by atoms with Crippen LogP contribution in [0.2, 0.25) is 0 Å². The zero-order valence-electron chi connectivity index (χ0n) is 5.52. The third-order valence-corrected chi connectivity index (χ3v) is 1.45. The topological polar surface area (TPSA) is 26.3 Å². The molecule has 0 saturated carbocycles. The lowest BCUT2D eigenvalue weighted by atomic mass is 10.1. The van der Waals surface area contributed by atoms with Crippen LogP contribution in [0.15, 0.2) is 12.2 Å². The normalized spacial score (nSPS) is 27.9. The van der Waals surface area contributed by atoms with Crippen LogP contribution in [0.5, 0.6) is 0 Å². The van der Waals surface area contributed by atoms with Gasteiger partial charge in [-0.2, -0.15) is 0 Å². The maximum Gasteiger partial charge on any atom is 0.333 e. The predicted octanol–water partition coefficient (Wildman–Crippen LogP) is 1.27. The maximum absolute atomic E-state index is 10.7. The van der Waals surface area contributed by atoms with Crippen LogP contribution in [-0.2, 0) is 9.53 Å². The summed E-state index contributed by atoms with van der Waals surface area (Å²) in [5, 5.41) is 0. The van der Waals surface area contributed by atoms with E-state index in [0.717, 1.165) is 12.8 Å². The second-order valence-electron chi connectivity index (χ2n) is 2.36. The molecule has 0 bridgehead atoms. The van der Waals surface area contributed by atoms with Crippen molar-refractivity contribution in [1.82, 2.24) is 0 Å². The van der Waals surface area contributed by atoms with Crippen LogP contribution in [0, 0.1) is 0 Å². The molecule has 1 rings (SSSR count). The Bertz CT molecular complexity index is 149. The molecule has 0 aromatic rings. The lowest BCUT2D eigenvalue weighted by molar-refractivity contribution is -0.146. The molecule has 1 aliphatic heterocycles. The summed E-state index contributed by atoms with van der Waals surface area (Å²) in [6.45, 7) is 5.45. The van der Waals surface area contributed by atoms with Crippen LogP contribution < -0.4 is 0 Å². The smallest absolute Gasteiger partial charge is 0.333 e. The van der Waals surface area contributed by atoms with Gasteiger partial charge < -0.3 is 4.74 Å². The fraction of sp³-hybridized carbons (Fsp3) is 0.571. The lowest BCUT2D eigenvalue weighted by Crippen LogP contribution is -2.21. The van der Waals surface area contributed by atoms with Gasteiger partial charge in [-0.05, 0) is 19.8 Å². The Hall–Kier alpha value is -0.790. The summed E-state index contributed by atoms with van der Waals surface area (Å²) in [6, 6.07) is 0. The van der Waals surface area contributed by atoms with Gasteiger partial charge in [-0.3, -0.25) is 0 Å². The van der Waals surface area contributed by atoms with E-state index in [0.29, 0.717) is 5.57 Å². The zero-order valence-corrected chi connectivity index (χ0v) is 5.52. The van der Waals surface area contributed by atoms with Gasteiger partial charge in [-0.15, -0.1) is 0 Å². The van der Waals surface area contributed by atoms with E-state index >= 15 is 0 Å². The zero-order chi connectivity index (χ0) is 6.85. The molecule has 0 aliphatic carbocycles. The van der Waals surface area contributed by atoms with Gasteiger partial charge in [-0.25, -0.2) is 4.79 Å². The van der Waals surface area contributed by atoms with Gasteiger partial charge in [0.1, 0.15) is 0 Å². The van der Waals surface area contributed by atoms with Crippen LogP contribution in [0.1, 0.15) is 19.8 Å². The first-order valence-corrected chi connectivity index (χ1v) is 3.09. The first-order valence-electron chi connectivity index (χ1n) is 3.09. The Kier molecular flexibility index (Phi) is 1.56. The number of carbonyl (C=O) groups is 1. The Morgan fingerprint density at radius 1 is 1.78 bits per heavy atom. The first kappa shape index (κ1) is 6.33. The number of esters is 1. The summed E-state index contributed by atoms with van der Waals surface area (Å²) in [4.78, 5) is 10.7. The molecule has 1 saturated heterocycles. The molecule has 50 valence electrons. The molecule has 0 spiro atoms. The monoisotopic (exact) mass is 126 g/mol. The standard InChI is InChI=1S/C7H10O2/c1-5-3-4-6(2)9-7(5)8/h6H,1,3-4H2,2H3. The van der Waals surface area contributed by atoms with Crippen molar-refractivity contribution in [3.63, 3.8) is 0 Å². The predicted molar refractivity (Wildman–Crippen MR) is 33.9 cm³/mol. The fourth-order valence-corrected chi connectivity index (χ4v) is 0.805. The molecule has 1 fully saturated rings. The highest BCUT2D eigenvalue weighted by Gasteiger charge is 2.19. The molecule has 2 nitrogen and oxygen atoms in total. The number of hydrogen-bond acceptors (Lipinski definition) is 2. The largest absolute Gasteiger partial charge is 0.459 e. The van der Waals surface area contributed by atoms with Gasteiger partial charge in [0.25, 0.3) is 0 Å². The minimum Gasteiger partial charge on any atom is -0.459 e. The van der Waals surface area contributed by atoms with Gasteiger partial charge in [0.2, 0.25) is 0 Å². The molecule has 0 aromatic carbocycles. The molecule has 0 aromatic heterocycles. The van der Waals surface area contributed by atoms with Crippen LogP contribution in [-0.4, -0.2) is 12.1 Å². The van der Waals surface area contributed by atoms with Crippen molar-refractivity contribution < 1.29 is 9.53 Å². The molecule has 1 aliphatic rings. The van der Waals surface area contributed by atoms with E-state index < -0.39 is 0 Å². The number of carbonyl (C=O) groups excluding carboxylic acids is 1. The number of cyclic esters (lactones) is 1. The molecule has 0 radical (unpaired) electrons. The Morgan fingerprint density at radius 2 is 2.44 bits per heavy atom. The van der Waals surface area contributed by atoms with Crippen molar-refractivity contribution in [3.05, 3.63) is 12.2 Å². The minimum absolute atomic E-state index is 0.0861. The Balaban J connectivity index is 2.54. The summed E-state index contributed by atoms with van der Waals surface area (Å²) in [7, 11) is 0. The van der Waals surface area contributed by atoms with Crippen molar-refractivity contribution in [3.8, 4) is 0 Å². The van der Waals surface area contributed by atoms with Crippen molar-refractivity contribution in [2.24, 2.45) is 0 Å². The average Bonchev–Trinajstić information content (AvgIpc) is 1.80. The summed E-state index contributed by atoms with van der Waals surface area (Å²) < 4.78 is 4.86. The van der Waals surface area contributed by atoms with Crippen molar-refractivity contribution in [2.75, 3.05) is 0 Å². The van der Waals surface area contributed by atoms with Crippen LogP contribution in [0.4, 0.5) is 0 Å². The van der Waals surface area contributed by atoms with Gasteiger partial charge in [-0.1, -0.05) is 6.58 Å². The van der Waals surface area contributed by atoms with Crippen molar-refractivity contribution >= 4 is 5.97 Å². The highest BCUT2D eigenvalue weighted by Crippen LogP contribution is 2.16. The molecule has 1 heterocycles. The first-order chi connectivity index (χ1) is 4.20. The molecule has 2 heteroatoms. The summed E-state index contributed by atoms with van der Waals surface area (Å²) in [5.74, 6) is -0.228. The van der Waals surface area contributed by atoms with E-state index in [1.807, 2.05) is 6.92 Å². The molecular formula is C7H10O2. The molecule has 0 N–H and O–H groups in total. The third-order valence-electron chi connectivity index (χ3n) is 1.45. The van der Waals surface area contributed by atoms with E-state index in [1.54, 1.807) is 0 Å². The Labute approximate surface area is 54.5 Å². The molecule has 1 unspecified atom stereocenters. The molecule has 1 atom stereocenters. The van der Waals surface area contributed by atoms with Crippen molar-refractivity contribution in [1.29, 1.82) is 0 Å². The number of rotatable bonds is 0. The molecule has 0 amide bonds. The Morgan fingerprint density at radius 3 is 2.89 bits per heavy atom. The lowest BCUT2D eigenvalue weighted by Gasteiger charge is -2.19. The SMILES string of the molecule is C=C1CCC(C)OC1=O. The van der Waals surface area contributed by atoms with Gasteiger partial charge in [0.15, 0.2) is 0 Å².